The number of sulfonamides is 2. The van der Waals surface area contributed by atoms with Gasteiger partial charge in [0.1, 0.15) is 0 Å². The van der Waals surface area contributed by atoms with E-state index in [-0.39, 0.29) is 21.3 Å². The summed E-state index contributed by atoms with van der Waals surface area (Å²) < 4.78 is 49.4. The normalized spacial score (nSPS) is 11.9. The molecule has 0 heterocycles. The van der Waals surface area contributed by atoms with Gasteiger partial charge in [-0.25, -0.2) is 22.0 Å². The van der Waals surface area contributed by atoms with E-state index < -0.39 is 20.0 Å². The first-order valence-corrected chi connectivity index (χ1v) is 9.39. The number of carbonyl (C=O) groups is 1. The maximum absolute atomic E-state index is 12.3. The van der Waals surface area contributed by atoms with Crippen LogP contribution in [0, 0.1) is 0 Å². The lowest BCUT2D eigenvalue weighted by Crippen LogP contribution is -2.15. The van der Waals surface area contributed by atoms with Crippen LogP contribution in [0.25, 0.3) is 0 Å². The van der Waals surface area contributed by atoms with Crippen LogP contribution < -0.4 is 9.86 Å². The van der Waals surface area contributed by atoms with Gasteiger partial charge in [0.2, 0.25) is 10.0 Å². The van der Waals surface area contributed by atoms with E-state index >= 15 is 0 Å². The van der Waals surface area contributed by atoms with Crippen molar-refractivity contribution in [2.45, 2.75) is 16.7 Å². The van der Waals surface area contributed by atoms with E-state index in [0.29, 0.717) is 5.56 Å². The Morgan fingerprint density at radius 1 is 0.957 bits per heavy atom. The zero-order valence-electron chi connectivity index (χ0n) is 12.1. The summed E-state index contributed by atoms with van der Waals surface area (Å²) >= 11 is 0. The summed E-state index contributed by atoms with van der Waals surface area (Å²) in [5.74, 6) is -0.178. The fourth-order valence-corrected chi connectivity index (χ4v) is 3.43. The monoisotopic (exact) mass is 354 g/mol. The molecule has 0 saturated heterocycles. The number of ketones is 1. The molecule has 0 atom stereocenters. The predicted molar refractivity (Wildman–Crippen MR) is 85.1 cm³/mol. The van der Waals surface area contributed by atoms with Gasteiger partial charge >= 0.3 is 0 Å². The molecule has 0 fully saturated rings. The van der Waals surface area contributed by atoms with Crippen LogP contribution in [0.4, 0.5) is 5.69 Å². The molecule has 7 nitrogen and oxygen atoms in total. The Bertz CT molecular complexity index is 949. The Kier molecular flexibility index (Phi) is 4.55. The Morgan fingerprint density at radius 2 is 1.57 bits per heavy atom. The molecule has 2 aromatic rings. The van der Waals surface area contributed by atoms with Crippen LogP contribution in [0.5, 0.6) is 0 Å². The highest BCUT2D eigenvalue weighted by Crippen LogP contribution is 2.19. The zero-order valence-corrected chi connectivity index (χ0v) is 13.7. The largest absolute Gasteiger partial charge is 0.295 e. The zero-order chi connectivity index (χ0) is 17.3. The molecule has 23 heavy (non-hydrogen) atoms. The van der Waals surface area contributed by atoms with Crippen LogP contribution in [0.2, 0.25) is 0 Å². The summed E-state index contributed by atoms with van der Waals surface area (Å²) in [6, 6.07) is 10.5. The topological polar surface area (TPSA) is 123 Å². The molecule has 0 aliphatic heterocycles. The molecule has 0 unspecified atom stereocenters. The second kappa shape index (κ2) is 6.11. The number of hydrogen-bond donors (Lipinski definition) is 2. The molecule has 0 spiro atoms. The van der Waals surface area contributed by atoms with Gasteiger partial charge in [0.15, 0.2) is 5.78 Å². The van der Waals surface area contributed by atoms with Crippen LogP contribution in [-0.4, -0.2) is 22.6 Å². The Hall–Kier alpha value is -2.23. The molecule has 0 aliphatic rings. The molecular formula is C14H14N2O5S2. The van der Waals surface area contributed by atoms with Gasteiger partial charge in [0.05, 0.1) is 15.5 Å². The summed E-state index contributed by atoms with van der Waals surface area (Å²) in [6.07, 6.45) is 0. The average Bonchev–Trinajstić information content (AvgIpc) is 2.46. The first-order valence-electron chi connectivity index (χ1n) is 6.36. The molecule has 3 N–H and O–H groups in total. The highest BCUT2D eigenvalue weighted by Gasteiger charge is 2.16. The molecule has 0 aliphatic carbocycles. The molecule has 2 aromatic carbocycles. The number of benzene rings is 2. The lowest BCUT2D eigenvalue weighted by atomic mass is 10.2. The van der Waals surface area contributed by atoms with E-state index in [0.717, 1.165) is 6.07 Å². The van der Waals surface area contributed by atoms with Crippen LogP contribution in [0.1, 0.15) is 17.3 Å². The SMILES string of the molecule is CC(=O)c1ccc(S(=O)(=O)Nc2cccc(S(N)(=O)=O)c2)cc1. The summed E-state index contributed by atoms with van der Waals surface area (Å²) in [4.78, 5) is 10.9. The minimum Gasteiger partial charge on any atom is -0.295 e. The van der Waals surface area contributed by atoms with Crippen LogP contribution in [0.15, 0.2) is 58.3 Å². The molecule has 0 aromatic heterocycles. The van der Waals surface area contributed by atoms with Crippen LogP contribution in [-0.2, 0) is 20.0 Å². The minimum absolute atomic E-state index is 0.0523. The highest BCUT2D eigenvalue weighted by molar-refractivity contribution is 7.92. The summed E-state index contributed by atoms with van der Waals surface area (Å²) in [5, 5.41) is 5.01. The molecule has 0 radical (unpaired) electrons. The molecule has 0 amide bonds. The number of nitrogens with one attached hydrogen (secondary N) is 1. The van der Waals surface area contributed by atoms with Gasteiger partial charge in [-0.15, -0.1) is 0 Å². The van der Waals surface area contributed by atoms with Crippen LogP contribution >= 0.6 is 0 Å². The molecule has 0 saturated carbocycles. The first-order chi connectivity index (χ1) is 10.6. The fraction of sp³-hybridized carbons (Fsp3) is 0.0714. The maximum atomic E-state index is 12.3. The van der Waals surface area contributed by atoms with Crippen molar-refractivity contribution in [1.29, 1.82) is 0 Å². The van der Waals surface area contributed by atoms with Crippen molar-refractivity contribution >= 4 is 31.5 Å². The van der Waals surface area contributed by atoms with Crippen molar-refractivity contribution in [3.8, 4) is 0 Å². The van der Waals surface area contributed by atoms with Crippen molar-refractivity contribution in [3.05, 3.63) is 54.1 Å². The van der Waals surface area contributed by atoms with Crippen molar-refractivity contribution in [2.75, 3.05) is 4.72 Å². The third-order valence-electron chi connectivity index (χ3n) is 2.99. The van der Waals surface area contributed by atoms with Crippen LogP contribution in [0.3, 0.4) is 0 Å². The highest BCUT2D eigenvalue weighted by atomic mass is 32.2. The van der Waals surface area contributed by atoms with E-state index in [2.05, 4.69) is 4.72 Å². The Balaban J connectivity index is 2.33. The second-order valence-corrected chi connectivity index (χ2v) is 8.00. The average molecular weight is 354 g/mol. The number of hydrogen-bond acceptors (Lipinski definition) is 5. The van der Waals surface area contributed by atoms with E-state index in [4.69, 9.17) is 5.14 Å². The Morgan fingerprint density at radius 3 is 2.09 bits per heavy atom. The van der Waals surface area contributed by atoms with E-state index in [1.807, 2.05) is 0 Å². The first kappa shape index (κ1) is 17.1. The molecular weight excluding hydrogens is 340 g/mol. The minimum atomic E-state index is -3.93. The van der Waals surface area contributed by atoms with Crippen molar-refractivity contribution in [2.24, 2.45) is 5.14 Å². The van der Waals surface area contributed by atoms with Gasteiger partial charge in [-0.1, -0.05) is 18.2 Å². The van der Waals surface area contributed by atoms with Gasteiger partial charge in [-0.2, -0.15) is 0 Å². The van der Waals surface area contributed by atoms with Gasteiger partial charge in [0.25, 0.3) is 10.0 Å². The van der Waals surface area contributed by atoms with E-state index in [9.17, 15) is 21.6 Å². The van der Waals surface area contributed by atoms with E-state index in [1.54, 1.807) is 0 Å². The number of anilines is 1. The second-order valence-electron chi connectivity index (χ2n) is 4.76. The molecule has 9 heteroatoms. The van der Waals surface area contributed by atoms with Gasteiger partial charge in [-0.05, 0) is 37.3 Å². The number of rotatable bonds is 5. The van der Waals surface area contributed by atoms with Gasteiger partial charge in [-0.3, -0.25) is 9.52 Å². The number of primary sulfonamides is 1. The Labute approximate surface area is 134 Å². The third kappa shape index (κ3) is 4.15. The summed E-state index contributed by atoms with van der Waals surface area (Å²) in [5.41, 5.74) is 0.451. The quantitative estimate of drug-likeness (QED) is 0.784. The number of Topliss-reactive ketones (excluding diaryl/α,β-unsaturated/α-hetero) is 1. The smallest absolute Gasteiger partial charge is 0.261 e. The van der Waals surface area contributed by atoms with E-state index in [1.165, 1.54) is 49.4 Å². The summed E-state index contributed by atoms with van der Waals surface area (Å²) in [6.45, 7) is 1.38. The number of carbonyl (C=O) groups excluding carboxylic acids is 1. The standard InChI is InChI=1S/C14H14N2O5S2/c1-10(17)11-5-7-13(8-6-11)23(20,21)16-12-3-2-4-14(9-12)22(15,18)19/h2-9,16H,1H3,(H2,15,18,19). The molecule has 2 rings (SSSR count). The lowest BCUT2D eigenvalue weighted by molar-refractivity contribution is 0.101. The third-order valence-corrected chi connectivity index (χ3v) is 5.29. The fourth-order valence-electron chi connectivity index (χ4n) is 1.82. The summed E-state index contributed by atoms with van der Waals surface area (Å²) in [7, 11) is -7.85. The predicted octanol–water partition coefficient (Wildman–Crippen LogP) is 1.34. The van der Waals surface area contributed by atoms with Crippen molar-refractivity contribution in [3.63, 3.8) is 0 Å². The lowest BCUT2D eigenvalue weighted by Gasteiger charge is -2.09. The van der Waals surface area contributed by atoms with Gasteiger partial charge < -0.3 is 0 Å². The van der Waals surface area contributed by atoms with Gasteiger partial charge in [0, 0.05) is 5.56 Å². The van der Waals surface area contributed by atoms with Crippen molar-refractivity contribution in [1.82, 2.24) is 0 Å². The number of nitrogens with two attached hydrogens (primary N) is 1. The van der Waals surface area contributed by atoms with Crippen molar-refractivity contribution < 1.29 is 21.6 Å². The maximum Gasteiger partial charge on any atom is 0.261 e. The molecule has 0 bridgehead atoms. The molecule has 122 valence electrons.